The third-order valence-electron chi connectivity index (χ3n) is 6.34. The fraction of sp³-hybridized carbons (Fsp3) is 0.208. The van der Waals surface area contributed by atoms with E-state index in [0.29, 0.717) is 20.4 Å². The molecule has 0 spiro atoms. The van der Waals surface area contributed by atoms with Crippen molar-refractivity contribution in [2.45, 2.75) is 21.1 Å². The maximum absolute atomic E-state index is 13.4. The highest BCUT2D eigenvalue weighted by molar-refractivity contribution is 8.00. The van der Waals surface area contributed by atoms with Crippen LogP contribution in [0.25, 0.3) is 0 Å². The zero-order valence-electron chi connectivity index (χ0n) is 20.5. The number of anilines is 1. The molecule has 2 aromatic carbocycles. The van der Waals surface area contributed by atoms with E-state index in [4.69, 9.17) is 21.5 Å². The number of carboxylic acid groups (broad SMARTS) is 1. The normalized spacial score (nSPS) is 20.0. The molecule has 3 atom stereocenters. The number of nitrogens with one attached hydrogen (secondary N) is 2. The molecule has 1 fully saturated rings. The molecule has 3 heterocycles. The summed E-state index contributed by atoms with van der Waals surface area (Å²) in [6.07, 6.45) is 0. The molecule has 3 amide bonds. The lowest BCUT2D eigenvalue weighted by atomic mass is 9.82. The van der Waals surface area contributed by atoms with Crippen LogP contribution in [0, 0.1) is 5.92 Å². The number of aliphatic carboxylic acids is 1. The summed E-state index contributed by atoms with van der Waals surface area (Å²) in [6.45, 7) is -1.31. The Morgan fingerprint density at radius 1 is 1.12 bits per heavy atom. The molecule has 0 bridgehead atoms. The molecule has 0 aliphatic carbocycles. The Labute approximate surface area is 244 Å². The minimum absolute atomic E-state index is 0.130. The number of primary sulfonamides is 1. The van der Waals surface area contributed by atoms with E-state index in [0.717, 1.165) is 23.1 Å². The number of H-pyrrole nitrogens is 1. The molecule has 17 heteroatoms. The van der Waals surface area contributed by atoms with Crippen LogP contribution in [0.3, 0.4) is 0 Å². The topological polar surface area (TPSA) is 206 Å². The first-order valence-corrected chi connectivity index (χ1v) is 15.3. The lowest BCUT2D eigenvalue weighted by Crippen LogP contribution is -2.36. The van der Waals surface area contributed by atoms with Crippen molar-refractivity contribution in [3.63, 3.8) is 0 Å². The summed E-state index contributed by atoms with van der Waals surface area (Å²) in [4.78, 5) is 66.0. The number of likely N-dealkylation sites (tertiary alicyclic amines) is 1. The maximum atomic E-state index is 13.4. The molecule has 5 rings (SSSR count). The van der Waals surface area contributed by atoms with Crippen LogP contribution < -0.4 is 20.1 Å². The number of amides is 3. The van der Waals surface area contributed by atoms with Gasteiger partial charge in [-0.2, -0.15) is 0 Å². The SMILES string of the molecule is NS(=O)(=O)c1ccc(NC(=O)COc2ccc(Cl)cc2[C@H]2c3sc(=O)[nH]c3SC3C(=O)N(CC(=O)O)C(=O)C32)cc1. The fourth-order valence-electron chi connectivity index (χ4n) is 4.66. The van der Waals surface area contributed by atoms with E-state index in [1.807, 2.05) is 0 Å². The molecule has 2 aliphatic heterocycles. The van der Waals surface area contributed by atoms with Gasteiger partial charge >= 0.3 is 10.8 Å². The van der Waals surface area contributed by atoms with Crippen molar-refractivity contribution in [1.29, 1.82) is 0 Å². The van der Waals surface area contributed by atoms with Crippen molar-refractivity contribution in [3.05, 3.63) is 67.6 Å². The van der Waals surface area contributed by atoms with E-state index in [2.05, 4.69) is 10.3 Å². The average Bonchev–Trinajstić information content (AvgIpc) is 3.38. The molecule has 0 saturated carbocycles. The Balaban J connectivity index is 1.44. The Kier molecular flexibility index (Phi) is 7.69. The number of carboxylic acids is 1. The number of imide groups is 1. The second kappa shape index (κ2) is 10.9. The van der Waals surface area contributed by atoms with Crippen molar-refractivity contribution in [2.75, 3.05) is 18.5 Å². The van der Waals surface area contributed by atoms with Gasteiger partial charge in [0.05, 0.1) is 15.8 Å². The van der Waals surface area contributed by atoms with E-state index >= 15 is 0 Å². The number of benzene rings is 2. The smallest absolute Gasteiger partial charge is 0.323 e. The first kappa shape index (κ1) is 28.8. The number of carbonyl (C=O) groups is 4. The van der Waals surface area contributed by atoms with E-state index in [1.54, 1.807) is 0 Å². The standard InChI is InChI=1S/C24H19ClN4O9S3/c25-10-1-6-14(38-9-15(30)27-11-2-4-12(5-3-11)41(26,36)37)13(7-10)17-18-20(39-21-19(17)40-24(35)28-21)23(34)29(22(18)33)8-16(31)32/h1-7,17-18,20H,8-9H2,(H,27,30)(H,28,35)(H,31,32)(H2,26,36,37)/t17-,18?,20?/m1/s1. The number of hydrogen-bond acceptors (Lipinski definition) is 10. The highest BCUT2D eigenvalue weighted by Crippen LogP contribution is 2.54. The summed E-state index contributed by atoms with van der Waals surface area (Å²) in [7, 11) is -3.90. The monoisotopic (exact) mass is 638 g/mol. The molecule has 1 saturated heterocycles. The van der Waals surface area contributed by atoms with Crippen LogP contribution in [0.5, 0.6) is 5.75 Å². The minimum atomic E-state index is -3.90. The van der Waals surface area contributed by atoms with Crippen LogP contribution in [0.4, 0.5) is 5.69 Å². The summed E-state index contributed by atoms with van der Waals surface area (Å²) in [5, 5.41) is 16.5. The molecule has 13 nitrogen and oxygen atoms in total. The number of nitrogens with two attached hydrogens (primary N) is 1. The number of carbonyl (C=O) groups excluding carboxylic acids is 3. The lowest BCUT2D eigenvalue weighted by Gasteiger charge is -2.31. The lowest BCUT2D eigenvalue weighted by molar-refractivity contribution is -0.149. The summed E-state index contributed by atoms with van der Waals surface area (Å²) in [6, 6.07) is 9.65. The minimum Gasteiger partial charge on any atom is -0.483 e. The second-order valence-electron chi connectivity index (χ2n) is 8.99. The van der Waals surface area contributed by atoms with Gasteiger partial charge in [-0.05, 0) is 42.5 Å². The molecule has 1 aromatic heterocycles. The van der Waals surface area contributed by atoms with Gasteiger partial charge in [0.1, 0.15) is 17.5 Å². The third-order valence-corrected chi connectivity index (χ3v) is 9.91. The van der Waals surface area contributed by atoms with Crippen LogP contribution in [0.2, 0.25) is 5.02 Å². The van der Waals surface area contributed by atoms with Gasteiger partial charge in [-0.3, -0.25) is 28.9 Å². The number of fused-ring (bicyclic) bond motifs is 2. The van der Waals surface area contributed by atoms with Gasteiger partial charge in [0.2, 0.25) is 21.8 Å². The van der Waals surface area contributed by atoms with Gasteiger partial charge in [-0.15, -0.1) is 0 Å². The van der Waals surface area contributed by atoms with Crippen molar-refractivity contribution >= 4 is 74.1 Å². The number of ether oxygens (including phenoxy) is 1. The van der Waals surface area contributed by atoms with Gasteiger partial charge in [-0.1, -0.05) is 34.7 Å². The summed E-state index contributed by atoms with van der Waals surface area (Å²) in [5.41, 5.74) is 0.609. The quantitative estimate of drug-likeness (QED) is 0.261. The Hall–Kier alpha value is -3.70. The molecular formula is C24H19ClN4O9S3. The van der Waals surface area contributed by atoms with Crippen molar-refractivity contribution < 1.29 is 37.4 Å². The number of rotatable bonds is 8. The summed E-state index contributed by atoms with van der Waals surface area (Å²) in [5.74, 6) is -5.17. The molecule has 214 valence electrons. The fourth-order valence-corrected chi connectivity index (χ4v) is 7.89. The zero-order valence-corrected chi connectivity index (χ0v) is 23.7. The van der Waals surface area contributed by atoms with E-state index in [1.165, 1.54) is 42.5 Å². The van der Waals surface area contributed by atoms with Crippen LogP contribution >= 0.6 is 34.7 Å². The van der Waals surface area contributed by atoms with Gasteiger partial charge in [-0.25, -0.2) is 13.6 Å². The number of hydrogen-bond donors (Lipinski definition) is 4. The predicted octanol–water partition coefficient (Wildman–Crippen LogP) is 1.43. The van der Waals surface area contributed by atoms with Gasteiger partial charge < -0.3 is 20.1 Å². The van der Waals surface area contributed by atoms with Gasteiger partial charge in [0.25, 0.3) is 5.91 Å². The molecule has 2 unspecified atom stereocenters. The van der Waals surface area contributed by atoms with Crippen molar-refractivity contribution in [2.24, 2.45) is 11.1 Å². The number of thiazole rings is 1. The van der Waals surface area contributed by atoms with Crippen LogP contribution in [0.15, 0.2) is 57.2 Å². The first-order chi connectivity index (χ1) is 19.3. The Morgan fingerprint density at radius 2 is 1.83 bits per heavy atom. The zero-order chi connectivity index (χ0) is 29.6. The van der Waals surface area contributed by atoms with E-state index in [-0.39, 0.29) is 21.4 Å². The largest absolute Gasteiger partial charge is 0.483 e. The highest BCUT2D eigenvalue weighted by Gasteiger charge is 2.56. The first-order valence-electron chi connectivity index (χ1n) is 11.6. The molecule has 2 aliphatic rings. The number of sulfonamides is 1. The number of aromatic amines is 1. The molecular weight excluding hydrogens is 620 g/mol. The maximum Gasteiger partial charge on any atom is 0.323 e. The van der Waals surface area contributed by atoms with E-state index < -0.39 is 68.8 Å². The van der Waals surface area contributed by atoms with Crippen LogP contribution in [0.1, 0.15) is 16.4 Å². The van der Waals surface area contributed by atoms with E-state index in [9.17, 15) is 37.5 Å². The van der Waals surface area contributed by atoms with Gasteiger partial charge in [0, 0.05) is 27.1 Å². The average molecular weight is 639 g/mol. The Morgan fingerprint density at radius 3 is 2.49 bits per heavy atom. The number of thioether (sulfide) groups is 1. The molecule has 3 aromatic rings. The third kappa shape index (κ3) is 5.73. The summed E-state index contributed by atoms with van der Waals surface area (Å²) < 4.78 is 28.7. The molecule has 5 N–H and O–H groups in total. The summed E-state index contributed by atoms with van der Waals surface area (Å²) >= 11 is 8.12. The van der Waals surface area contributed by atoms with Gasteiger partial charge in [0.15, 0.2) is 6.61 Å². The second-order valence-corrected chi connectivity index (χ2v) is 13.2. The number of aromatic nitrogens is 1. The van der Waals surface area contributed by atoms with Crippen LogP contribution in [-0.4, -0.2) is 65.5 Å². The van der Waals surface area contributed by atoms with Crippen molar-refractivity contribution in [1.82, 2.24) is 9.88 Å². The molecule has 41 heavy (non-hydrogen) atoms. The van der Waals surface area contributed by atoms with Crippen molar-refractivity contribution in [3.8, 4) is 5.75 Å². The Bertz CT molecular complexity index is 1750. The highest BCUT2D eigenvalue weighted by atomic mass is 35.5. The molecule has 0 radical (unpaired) electrons. The predicted molar refractivity (Wildman–Crippen MR) is 148 cm³/mol. The van der Waals surface area contributed by atoms with Crippen LogP contribution in [-0.2, 0) is 29.2 Å². The number of nitrogens with zero attached hydrogens (tertiary/aromatic N) is 1. The number of halogens is 1.